The number of anilines is 1. The Bertz CT molecular complexity index is 621. The first-order valence-corrected chi connectivity index (χ1v) is 8.43. The molecule has 0 bridgehead atoms. The van der Waals surface area contributed by atoms with Crippen LogP contribution in [-0.4, -0.2) is 49.3 Å². The number of rotatable bonds is 6. The summed E-state index contributed by atoms with van der Waals surface area (Å²) in [5.41, 5.74) is 6.89. The van der Waals surface area contributed by atoms with Crippen molar-refractivity contribution in [3.8, 4) is 0 Å². The van der Waals surface area contributed by atoms with E-state index in [0.717, 1.165) is 12.0 Å². The first-order chi connectivity index (χ1) is 9.98. The fraction of sp³-hybridized carbons (Fsp3) is 0.615. The van der Waals surface area contributed by atoms with Crippen LogP contribution in [-0.2, 0) is 21.3 Å². The molecule has 8 heteroatoms. The van der Waals surface area contributed by atoms with Crippen molar-refractivity contribution in [2.24, 2.45) is 0 Å². The highest BCUT2D eigenvalue weighted by atomic mass is 32.2. The van der Waals surface area contributed by atoms with Crippen LogP contribution in [0.1, 0.15) is 19.8 Å². The molecule has 0 spiro atoms. The minimum Gasteiger partial charge on any atom is -0.381 e. The first-order valence-electron chi connectivity index (χ1n) is 6.99. The van der Waals surface area contributed by atoms with Gasteiger partial charge in [0.05, 0.1) is 6.61 Å². The summed E-state index contributed by atoms with van der Waals surface area (Å²) in [7, 11) is -1.96. The summed E-state index contributed by atoms with van der Waals surface area (Å²) in [4.78, 5) is 0.0968. The smallest absolute Gasteiger partial charge is 0.248 e. The van der Waals surface area contributed by atoms with Crippen LogP contribution in [0.15, 0.2) is 22.7 Å². The Morgan fingerprint density at radius 1 is 1.48 bits per heavy atom. The van der Waals surface area contributed by atoms with Crippen molar-refractivity contribution in [1.82, 2.24) is 14.1 Å². The van der Waals surface area contributed by atoms with E-state index in [9.17, 15) is 8.42 Å². The largest absolute Gasteiger partial charge is 0.381 e. The van der Waals surface area contributed by atoms with Crippen LogP contribution in [0.3, 0.4) is 0 Å². The number of nitrogens with two attached hydrogens (primary N) is 1. The van der Waals surface area contributed by atoms with Crippen molar-refractivity contribution >= 4 is 15.8 Å². The van der Waals surface area contributed by atoms with Gasteiger partial charge in [0.15, 0.2) is 5.82 Å². The molecule has 0 aliphatic carbocycles. The highest BCUT2D eigenvalue weighted by Crippen LogP contribution is 2.24. The third kappa shape index (κ3) is 3.45. The number of sulfonamides is 1. The second-order valence-corrected chi connectivity index (χ2v) is 6.96. The molecule has 1 aliphatic rings. The van der Waals surface area contributed by atoms with Crippen molar-refractivity contribution in [3.63, 3.8) is 0 Å². The molecule has 21 heavy (non-hydrogen) atoms. The van der Waals surface area contributed by atoms with Crippen molar-refractivity contribution in [3.05, 3.63) is 17.8 Å². The van der Waals surface area contributed by atoms with Gasteiger partial charge in [-0.05, 0) is 18.4 Å². The number of hydrogen-bond acceptors (Lipinski definition) is 5. The Morgan fingerprint density at radius 2 is 2.24 bits per heavy atom. The molecule has 0 atom stereocenters. The predicted molar refractivity (Wildman–Crippen MR) is 80.3 cm³/mol. The van der Waals surface area contributed by atoms with E-state index in [1.165, 1.54) is 10.5 Å². The minimum absolute atomic E-state index is 0.0649. The molecule has 1 aromatic heterocycles. The Kier molecular flexibility index (Phi) is 5.02. The van der Waals surface area contributed by atoms with Crippen LogP contribution in [0.4, 0.5) is 5.82 Å². The summed E-state index contributed by atoms with van der Waals surface area (Å²) in [6, 6.07) is 0. The van der Waals surface area contributed by atoms with Crippen molar-refractivity contribution < 1.29 is 13.2 Å². The highest BCUT2D eigenvalue weighted by Gasteiger charge is 2.29. The maximum absolute atomic E-state index is 12.6. The zero-order valence-corrected chi connectivity index (χ0v) is 13.3. The molecule has 2 heterocycles. The second kappa shape index (κ2) is 6.59. The topological polar surface area (TPSA) is 90.5 Å². The standard InChI is InChI=1S/C13H22N4O3S/c1-3-6-16-9-12(13(14)15-16)21(18,19)17-7-4-11(5-8-17)10-20-2/h4,9H,3,5-8,10H2,1-2H3,(H2,14,15). The number of methoxy groups -OCH3 is 1. The van der Waals surface area contributed by atoms with Crippen molar-refractivity contribution in [2.45, 2.75) is 31.2 Å². The number of aryl methyl sites for hydroxylation is 1. The van der Waals surface area contributed by atoms with Gasteiger partial charge in [0.2, 0.25) is 10.0 Å². The van der Waals surface area contributed by atoms with Gasteiger partial charge in [0.25, 0.3) is 0 Å². The summed E-state index contributed by atoms with van der Waals surface area (Å²) >= 11 is 0. The lowest BCUT2D eigenvalue weighted by atomic mass is 10.1. The number of hydrogen-bond donors (Lipinski definition) is 1. The molecule has 0 saturated carbocycles. The zero-order valence-electron chi connectivity index (χ0n) is 12.4. The molecule has 0 unspecified atom stereocenters. The van der Waals surface area contributed by atoms with E-state index in [0.29, 0.717) is 32.7 Å². The van der Waals surface area contributed by atoms with Gasteiger partial charge in [-0.25, -0.2) is 8.42 Å². The van der Waals surface area contributed by atoms with E-state index in [-0.39, 0.29) is 10.7 Å². The molecule has 7 nitrogen and oxygen atoms in total. The molecule has 0 saturated heterocycles. The minimum atomic E-state index is -3.59. The van der Waals surface area contributed by atoms with E-state index in [1.807, 2.05) is 13.0 Å². The highest BCUT2D eigenvalue weighted by molar-refractivity contribution is 7.89. The van der Waals surface area contributed by atoms with Gasteiger partial charge in [0, 0.05) is 32.9 Å². The van der Waals surface area contributed by atoms with Gasteiger partial charge in [-0.1, -0.05) is 13.0 Å². The van der Waals surface area contributed by atoms with Gasteiger partial charge in [-0.15, -0.1) is 0 Å². The summed E-state index contributed by atoms with van der Waals surface area (Å²) in [6.07, 6.45) is 4.96. The van der Waals surface area contributed by atoms with Crippen LogP contribution < -0.4 is 5.73 Å². The van der Waals surface area contributed by atoms with Gasteiger partial charge >= 0.3 is 0 Å². The lowest BCUT2D eigenvalue weighted by Crippen LogP contribution is -2.35. The molecule has 0 radical (unpaired) electrons. The SMILES string of the molecule is CCCn1cc(S(=O)(=O)N2CC=C(COC)CC2)c(N)n1. The number of nitrogens with zero attached hydrogens (tertiary/aromatic N) is 3. The first kappa shape index (κ1) is 16.0. The number of nitrogen functional groups attached to an aromatic ring is 1. The van der Waals surface area contributed by atoms with Crippen LogP contribution in [0.5, 0.6) is 0 Å². The van der Waals surface area contributed by atoms with E-state index in [1.54, 1.807) is 11.8 Å². The van der Waals surface area contributed by atoms with E-state index in [2.05, 4.69) is 5.10 Å². The average molecular weight is 314 g/mol. The van der Waals surface area contributed by atoms with Crippen molar-refractivity contribution in [1.29, 1.82) is 0 Å². The maximum atomic E-state index is 12.6. The van der Waals surface area contributed by atoms with Crippen LogP contribution in [0.2, 0.25) is 0 Å². The summed E-state index contributed by atoms with van der Waals surface area (Å²) in [5.74, 6) is 0.0649. The fourth-order valence-electron chi connectivity index (χ4n) is 2.33. The molecule has 2 rings (SSSR count). The lowest BCUT2D eigenvalue weighted by molar-refractivity contribution is 0.219. The molecule has 0 fully saturated rings. The normalized spacial score (nSPS) is 17.0. The van der Waals surface area contributed by atoms with E-state index in [4.69, 9.17) is 10.5 Å². The maximum Gasteiger partial charge on any atom is 0.248 e. The molecule has 0 amide bonds. The molecule has 118 valence electrons. The molecule has 0 aromatic carbocycles. The number of aromatic nitrogens is 2. The summed E-state index contributed by atoms with van der Waals surface area (Å²) in [5, 5.41) is 4.06. The Balaban J connectivity index is 2.19. The third-order valence-electron chi connectivity index (χ3n) is 3.42. The summed E-state index contributed by atoms with van der Waals surface area (Å²) < 4.78 is 33.3. The van der Waals surface area contributed by atoms with Gasteiger partial charge < -0.3 is 10.5 Å². The number of ether oxygens (including phenoxy) is 1. The van der Waals surface area contributed by atoms with Crippen LogP contribution in [0, 0.1) is 0 Å². The lowest BCUT2D eigenvalue weighted by Gasteiger charge is -2.25. The third-order valence-corrected chi connectivity index (χ3v) is 5.30. The molecular formula is C13H22N4O3S. The Labute approximate surface area is 125 Å². The molecule has 1 aliphatic heterocycles. The summed E-state index contributed by atoms with van der Waals surface area (Å²) in [6.45, 7) is 3.98. The predicted octanol–water partition coefficient (Wildman–Crippen LogP) is 0.843. The monoisotopic (exact) mass is 314 g/mol. The van der Waals surface area contributed by atoms with Crippen LogP contribution in [0.25, 0.3) is 0 Å². The zero-order chi connectivity index (χ0) is 15.5. The fourth-order valence-corrected chi connectivity index (χ4v) is 3.77. The second-order valence-electron chi connectivity index (χ2n) is 5.05. The molecular weight excluding hydrogens is 292 g/mol. The van der Waals surface area contributed by atoms with E-state index >= 15 is 0 Å². The van der Waals surface area contributed by atoms with Crippen LogP contribution >= 0.6 is 0 Å². The Morgan fingerprint density at radius 3 is 2.81 bits per heavy atom. The van der Waals surface area contributed by atoms with Gasteiger partial charge in [-0.2, -0.15) is 9.40 Å². The molecule has 2 N–H and O–H groups in total. The Hall–Kier alpha value is -1.38. The molecule has 1 aromatic rings. The van der Waals surface area contributed by atoms with Crippen molar-refractivity contribution in [2.75, 3.05) is 32.5 Å². The quantitative estimate of drug-likeness (QED) is 0.786. The average Bonchev–Trinajstić information content (AvgIpc) is 2.82. The van der Waals surface area contributed by atoms with Gasteiger partial charge in [-0.3, -0.25) is 4.68 Å². The van der Waals surface area contributed by atoms with E-state index < -0.39 is 10.0 Å². The van der Waals surface area contributed by atoms with Gasteiger partial charge in [0.1, 0.15) is 4.90 Å².